The van der Waals surface area contributed by atoms with Gasteiger partial charge in [0.1, 0.15) is 0 Å². The van der Waals surface area contributed by atoms with Crippen LogP contribution >= 0.6 is 0 Å². The Morgan fingerprint density at radius 3 is 2.41 bits per heavy atom. The smallest absolute Gasteiger partial charge is 0.307 e. The van der Waals surface area contributed by atoms with Crippen molar-refractivity contribution in [1.29, 1.82) is 0 Å². The zero-order valence-electron chi connectivity index (χ0n) is 9.26. The van der Waals surface area contributed by atoms with Crippen molar-refractivity contribution in [2.75, 3.05) is 5.73 Å². The Balaban J connectivity index is 2.42. The molecule has 0 aromatic heterocycles. The van der Waals surface area contributed by atoms with E-state index in [4.69, 9.17) is 10.8 Å². The molecule has 0 aliphatic rings. The van der Waals surface area contributed by atoms with E-state index in [9.17, 15) is 4.79 Å². The fourth-order valence-electron chi connectivity index (χ4n) is 1.79. The lowest BCUT2D eigenvalue weighted by Gasteiger charge is -2.06. The minimum Gasteiger partial charge on any atom is -0.481 e. The minimum absolute atomic E-state index is 0.00905. The summed E-state index contributed by atoms with van der Waals surface area (Å²) in [6.45, 7) is 0. The molecule has 0 radical (unpaired) electrons. The number of hydrogen-bond acceptors (Lipinski definition) is 2. The van der Waals surface area contributed by atoms with Gasteiger partial charge in [0, 0.05) is 5.69 Å². The summed E-state index contributed by atoms with van der Waals surface area (Å²) in [6, 6.07) is 15.2. The van der Waals surface area contributed by atoms with Crippen molar-refractivity contribution >= 4 is 11.7 Å². The Hall–Kier alpha value is -2.29. The third kappa shape index (κ3) is 2.84. The van der Waals surface area contributed by atoms with E-state index in [1.54, 1.807) is 6.07 Å². The molecule has 0 bridgehead atoms. The molecule has 0 heterocycles. The van der Waals surface area contributed by atoms with Crippen LogP contribution in [0.15, 0.2) is 48.5 Å². The quantitative estimate of drug-likeness (QED) is 0.792. The molecule has 0 unspecified atom stereocenters. The summed E-state index contributed by atoms with van der Waals surface area (Å²) in [5, 5.41) is 8.78. The molecule has 0 aliphatic carbocycles. The number of aliphatic carboxylic acids is 1. The van der Waals surface area contributed by atoms with Gasteiger partial charge in [-0.05, 0) is 28.8 Å². The lowest BCUT2D eigenvalue weighted by atomic mass is 10.0. The van der Waals surface area contributed by atoms with Gasteiger partial charge in [0.05, 0.1) is 6.42 Å². The normalized spacial score (nSPS) is 10.1. The number of carboxylic acids is 1. The van der Waals surface area contributed by atoms with Gasteiger partial charge in [0.25, 0.3) is 0 Å². The van der Waals surface area contributed by atoms with Crippen molar-refractivity contribution in [3.05, 3.63) is 54.1 Å². The standard InChI is InChI=1S/C14H13NO2/c15-13-7-10(8-14(16)17)6-12(9-13)11-4-2-1-3-5-11/h1-7,9H,8,15H2,(H,16,17). The van der Waals surface area contributed by atoms with Crippen molar-refractivity contribution in [1.82, 2.24) is 0 Å². The largest absolute Gasteiger partial charge is 0.481 e. The molecular weight excluding hydrogens is 214 g/mol. The Labute approximate surface area is 99.5 Å². The van der Waals surface area contributed by atoms with E-state index < -0.39 is 5.97 Å². The zero-order chi connectivity index (χ0) is 12.3. The van der Waals surface area contributed by atoms with Crippen LogP contribution in [-0.2, 0) is 11.2 Å². The summed E-state index contributed by atoms with van der Waals surface area (Å²) in [4.78, 5) is 10.7. The zero-order valence-corrected chi connectivity index (χ0v) is 9.26. The Morgan fingerprint density at radius 1 is 1.06 bits per heavy atom. The fourth-order valence-corrected chi connectivity index (χ4v) is 1.79. The lowest BCUT2D eigenvalue weighted by molar-refractivity contribution is -0.136. The van der Waals surface area contributed by atoms with E-state index in [-0.39, 0.29) is 6.42 Å². The van der Waals surface area contributed by atoms with E-state index in [2.05, 4.69) is 0 Å². The van der Waals surface area contributed by atoms with Crippen molar-refractivity contribution in [2.24, 2.45) is 0 Å². The average molecular weight is 227 g/mol. The maximum atomic E-state index is 10.7. The predicted octanol–water partition coefficient (Wildman–Crippen LogP) is 2.56. The van der Waals surface area contributed by atoms with Crippen LogP contribution in [0.3, 0.4) is 0 Å². The van der Waals surface area contributed by atoms with Crippen molar-refractivity contribution in [2.45, 2.75) is 6.42 Å². The molecule has 0 aliphatic heterocycles. The van der Waals surface area contributed by atoms with Crippen LogP contribution in [0, 0.1) is 0 Å². The number of anilines is 1. The molecular formula is C14H13NO2. The second kappa shape index (κ2) is 4.70. The van der Waals surface area contributed by atoms with Gasteiger partial charge in [-0.25, -0.2) is 0 Å². The highest BCUT2D eigenvalue weighted by molar-refractivity contribution is 5.74. The lowest BCUT2D eigenvalue weighted by Crippen LogP contribution is -2.01. The van der Waals surface area contributed by atoms with Crippen LogP contribution in [0.1, 0.15) is 5.56 Å². The van der Waals surface area contributed by atoms with Gasteiger partial charge in [-0.15, -0.1) is 0 Å². The third-order valence-corrected chi connectivity index (χ3v) is 2.48. The average Bonchev–Trinajstić information content (AvgIpc) is 2.28. The highest BCUT2D eigenvalue weighted by Gasteiger charge is 2.04. The van der Waals surface area contributed by atoms with Crippen molar-refractivity contribution in [3.8, 4) is 11.1 Å². The Bertz CT molecular complexity index is 535. The van der Waals surface area contributed by atoms with E-state index in [0.717, 1.165) is 16.7 Å². The first-order valence-corrected chi connectivity index (χ1v) is 5.32. The maximum Gasteiger partial charge on any atom is 0.307 e. The van der Waals surface area contributed by atoms with E-state index >= 15 is 0 Å². The molecule has 86 valence electrons. The predicted molar refractivity (Wildman–Crippen MR) is 67.6 cm³/mol. The number of hydrogen-bond donors (Lipinski definition) is 2. The number of benzene rings is 2. The van der Waals surface area contributed by atoms with Gasteiger partial charge in [0.15, 0.2) is 0 Å². The number of carbonyl (C=O) groups is 1. The third-order valence-electron chi connectivity index (χ3n) is 2.48. The molecule has 3 heteroatoms. The SMILES string of the molecule is Nc1cc(CC(=O)O)cc(-c2ccccc2)c1. The van der Waals surface area contributed by atoms with Crippen LogP contribution in [-0.4, -0.2) is 11.1 Å². The van der Waals surface area contributed by atoms with Crippen LogP contribution < -0.4 is 5.73 Å². The van der Waals surface area contributed by atoms with Gasteiger partial charge < -0.3 is 10.8 Å². The second-order valence-electron chi connectivity index (χ2n) is 3.90. The molecule has 2 aromatic carbocycles. The number of nitrogens with two attached hydrogens (primary N) is 1. The molecule has 0 saturated carbocycles. The van der Waals surface area contributed by atoms with Crippen molar-refractivity contribution in [3.63, 3.8) is 0 Å². The molecule has 0 amide bonds. The molecule has 0 spiro atoms. The van der Waals surface area contributed by atoms with Crippen molar-refractivity contribution < 1.29 is 9.90 Å². The number of nitrogen functional groups attached to an aromatic ring is 1. The van der Waals surface area contributed by atoms with Crippen LogP contribution in [0.4, 0.5) is 5.69 Å². The monoisotopic (exact) mass is 227 g/mol. The first kappa shape index (κ1) is 11.2. The summed E-state index contributed by atoms with van der Waals surface area (Å²) in [5.74, 6) is -0.852. The molecule has 2 rings (SSSR count). The highest BCUT2D eigenvalue weighted by Crippen LogP contribution is 2.23. The summed E-state index contributed by atoms with van der Waals surface area (Å²) >= 11 is 0. The van der Waals surface area contributed by atoms with Crippen LogP contribution in [0.5, 0.6) is 0 Å². The van der Waals surface area contributed by atoms with Gasteiger partial charge in [-0.2, -0.15) is 0 Å². The number of carboxylic acid groups (broad SMARTS) is 1. The first-order valence-electron chi connectivity index (χ1n) is 5.32. The molecule has 3 N–H and O–H groups in total. The van der Waals surface area contributed by atoms with Gasteiger partial charge in [0.2, 0.25) is 0 Å². The van der Waals surface area contributed by atoms with E-state index in [0.29, 0.717) is 5.69 Å². The fraction of sp³-hybridized carbons (Fsp3) is 0.0714. The summed E-state index contributed by atoms with van der Waals surface area (Å²) in [6.07, 6.45) is -0.00905. The highest BCUT2D eigenvalue weighted by atomic mass is 16.4. The molecule has 17 heavy (non-hydrogen) atoms. The topological polar surface area (TPSA) is 63.3 Å². The number of rotatable bonds is 3. The Morgan fingerprint density at radius 2 is 1.76 bits per heavy atom. The summed E-state index contributed by atoms with van der Waals surface area (Å²) in [5.41, 5.74) is 9.06. The maximum absolute atomic E-state index is 10.7. The summed E-state index contributed by atoms with van der Waals surface area (Å²) < 4.78 is 0. The first-order chi connectivity index (χ1) is 8.15. The van der Waals surface area contributed by atoms with Crippen LogP contribution in [0.2, 0.25) is 0 Å². The molecule has 0 atom stereocenters. The van der Waals surface area contributed by atoms with E-state index in [1.807, 2.05) is 42.5 Å². The molecule has 3 nitrogen and oxygen atoms in total. The second-order valence-corrected chi connectivity index (χ2v) is 3.90. The Kier molecular flexibility index (Phi) is 3.10. The molecule has 0 fully saturated rings. The summed E-state index contributed by atoms with van der Waals surface area (Å²) in [7, 11) is 0. The van der Waals surface area contributed by atoms with Gasteiger partial charge in [-0.3, -0.25) is 4.79 Å². The van der Waals surface area contributed by atoms with Crippen LogP contribution in [0.25, 0.3) is 11.1 Å². The van der Waals surface area contributed by atoms with E-state index in [1.165, 1.54) is 0 Å². The minimum atomic E-state index is -0.852. The molecule has 0 saturated heterocycles. The van der Waals surface area contributed by atoms with Gasteiger partial charge >= 0.3 is 5.97 Å². The molecule has 2 aromatic rings. The van der Waals surface area contributed by atoms with Gasteiger partial charge in [-0.1, -0.05) is 36.4 Å².